The van der Waals surface area contributed by atoms with E-state index in [0.29, 0.717) is 0 Å². The molecule has 0 saturated heterocycles. The molecule has 0 atom stereocenters. The van der Waals surface area contributed by atoms with Crippen molar-refractivity contribution in [3.63, 3.8) is 0 Å². The summed E-state index contributed by atoms with van der Waals surface area (Å²) in [6, 6.07) is 57.9. The van der Waals surface area contributed by atoms with E-state index in [1.807, 2.05) is 0 Å². The Morgan fingerprint density at radius 3 is 1.47 bits per heavy atom. The summed E-state index contributed by atoms with van der Waals surface area (Å²) in [4.78, 5) is 2.45. The lowest BCUT2D eigenvalue weighted by Gasteiger charge is -2.28. The zero-order chi connectivity index (χ0) is 34.3. The molecule has 10 rings (SSSR count). The van der Waals surface area contributed by atoms with Crippen LogP contribution in [0.5, 0.6) is 0 Å². The summed E-state index contributed by atoms with van der Waals surface area (Å²) in [5, 5.41) is 10.2. The number of hydrogen-bond donors (Lipinski definition) is 0. The monoisotopic (exact) mass is 655 g/mol. The largest absolute Gasteiger partial charge is 0.317 e. The molecule has 0 aliphatic heterocycles. The summed E-state index contributed by atoms with van der Waals surface area (Å²) in [5.74, 6) is 0. The first-order chi connectivity index (χ1) is 24.9. The van der Waals surface area contributed by atoms with Gasteiger partial charge in [-0.2, -0.15) is 0 Å². The third-order valence-corrected chi connectivity index (χ3v) is 10.6. The van der Waals surface area contributed by atoms with Gasteiger partial charge in [0, 0.05) is 51.3 Å². The number of hydrogen-bond acceptors (Lipinski definition) is 1. The summed E-state index contributed by atoms with van der Waals surface area (Å²) in [6.07, 6.45) is 4.35. The number of benzene rings is 8. The van der Waals surface area contributed by atoms with Crippen LogP contribution in [0.4, 0.5) is 17.1 Å². The minimum Gasteiger partial charge on any atom is -0.317 e. The molecule has 0 N–H and O–H groups in total. The number of rotatable bonds is 5. The number of para-hydroxylation sites is 2. The van der Waals surface area contributed by atoms with Crippen LogP contribution in [0.3, 0.4) is 0 Å². The minimum atomic E-state index is 0.0360. The number of fused-ring (bicyclic) bond motifs is 2. The van der Waals surface area contributed by atoms with Gasteiger partial charge in [-0.1, -0.05) is 99.6 Å². The van der Waals surface area contributed by atoms with Gasteiger partial charge >= 0.3 is 0 Å². The molecule has 0 fully saturated rings. The van der Waals surface area contributed by atoms with E-state index in [9.17, 15) is 0 Å². The molecule has 3 nitrogen and oxygen atoms in total. The third-order valence-electron chi connectivity index (χ3n) is 10.6. The topological polar surface area (TPSA) is 13.1 Å². The molecule has 51 heavy (non-hydrogen) atoms. The fraction of sp³-hybridized carbons (Fsp3) is 0.0833. The van der Waals surface area contributed by atoms with E-state index >= 15 is 0 Å². The molecule has 0 unspecified atom stereocenters. The van der Waals surface area contributed by atoms with Gasteiger partial charge in [0.1, 0.15) is 0 Å². The highest BCUT2D eigenvalue weighted by atomic mass is 15.1. The van der Waals surface area contributed by atoms with Crippen molar-refractivity contribution in [2.75, 3.05) is 4.90 Å². The van der Waals surface area contributed by atoms with E-state index < -0.39 is 0 Å². The number of aromatic nitrogens is 2. The summed E-state index contributed by atoms with van der Waals surface area (Å²) < 4.78 is 4.54. The predicted molar refractivity (Wildman–Crippen MR) is 217 cm³/mol. The average molecular weight is 656 g/mol. The van der Waals surface area contributed by atoms with Crippen LogP contribution in [0.2, 0.25) is 0 Å². The Morgan fingerprint density at radius 2 is 0.922 bits per heavy atom. The Bertz CT molecular complexity index is 2770. The van der Waals surface area contributed by atoms with Gasteiger partial charge in [0.25, 0.3) is 0 Å². The zero-order valence-electron chi connectivity index (χ0n) is 29.0. The summed E-state index contributed by atoms with van der Waals surface area (Å²) in [6.45, 7) is 6.94. The first-order valence-electron chi connectivity index (χ1n) is 17.8. The smallest absolute Gasteiger partial charge is 0.0540 e. The van der Waals surface area contributed by atoms with Crippen molar-refractivity contribution in [3.8, 4) is 11.4 Å². The van der Waals surface area contributed by atoms with E-state index in [1.54, 1.807) is 0 Å². The Balaban J connectivity index is 1.22. The highest BCUT2D eigenvalue weighted by molar-refractivity contribution is 6.26. The molecule has 0 saturated carbocycles. The van der Waals surface area contributed by atoms with Crippen molar-refractivity contribution >= 4 is 71.2 Å². The highest BCUT2D eigenvalue weighted by Gasteiger charge is 2.23. The third kappa shape index (κ3) is 4.65. The molecular formula is C48H37N3. The van der Waals surface area contributed by atoms with E-state index in [2.05, 4.69) is 205 Å². The van der Waals surface area contributed by atoms with Gasteiger partial charge in [0.15, 0.2) is 0 Å². The number of nitrogens with zero attached hydrogens (tertiary/aromatic N) is 3. The second kappa shape index (κ2) is 11.1. The molecule has 3 heteroatoms. The summed E-state index contributed by atoms with van der Waals surface area (Å²) >= 11 is 0. The molecule has 2 heterocycles. The fourth-order valence-corrected chi connectivity index (χ4v) is 8.23. The van der Waals surface area contributed by atoms with Gasteiger partial charge in [-0.3, -0.25) is 0 Å². The van der Waals surface area contributed by atoms with Gasteiger partial charge in [0.2, 0.25) is 0 Å². The van der Waals surface area contributed by atoms with Crippen LogP contribution in [0.1, 0.15) is 26.3 Å². The molecule has 0 bridgehead atoms. The van der Waals surface area contributed by atoms with Crippen LogP contribution < -0.4 is 4.90 Å². The van der Waals surface area contributed by atoms with Crippen LogP contribution in [0, 0.1) is 0 Å². The van der Waals surface area contributed by atoms with Crippen molar-refractivity contribution in [3.05, 3.63) is 176 Å². The van der Waals surface area contributed by atoms with Gasteiger partial charge < -0.3 is 14.0 Å². The summed E-state index contributed by atoms with van der Waals surface area (Å²) in [5.41, 5.74) is 9.53. The number of anilines is 3. The van der Waals surface area contributed by atoms with Crippen molar-refractivity contribution in [1.82, 2.24) is 9.13 Å². The van der Waals surface area contributed by atoms with Crippen molar-refractivity contribution in [1.29, 1.82) is 0 Å². The average Bonchev–Trinajstić information content (AvgIpc) is 3.79. The van der Waals surface area contributed by atoms with E-state index in [4.69, 9.17) is 0 Å². The lowest BCUT2D eigenvalue weighted by atomic mass is 9.81. The van der Waals surface area contributed by atoms with Crippen molar-refractivity contribution in [2.45, 2.75) is 26.2 Å². The molecule has 0 aliphatic rings. The quantitative estimate of drug-likeness (QED) is 0.168. The molecular weight excluding hydrogens is 619 g/mol. The SMILES string of the molecule is CC(C)(C)c1ccc2ccc3c(N(c4ccc5c(ccn5-c5ccccc5)c4)c4ccc5c(ccn5-c5ccccc5)c4)ccc4ccc1c2c43. The molecule has 0 spiro atoms. The first-order valence-corrected chi connectivity index (χ1v) is 17.8. The van der Waals surface area contributed by atoms with Crippen LogP contribution >= 0.6 is 0 Å². The Kier molecular flexibility index (Phi) is 6.44. The lowest BCUT2D eigenvalue weighted by molar-refractivity contribution is 0.596. The Hall–Kier alpha value is -6.32. The normalized spacial score (nSPS) is 12.2. The molecule has 0 aliphatic carbocycles. The molecule has 244 valence electrons. The molecule has 10 aromatic rings. The second-order valence-corrected chi connectivity index (χ2v) is 14.7. The van der Waals surface area contributed by atoms with Crippen molar-refractivity contribution in [2.24, 2.45) is 0 Å². The molecule has 0 amide bonds. The van der Waals surface area contributed by atoms with Crippen LogP contribution in [0.25, 0.3) is 65.5 Å². The van der Waals surface area contributed by atoms with Crippen LogP contribution in [0.15, 0.2) is 170 Å². The van der Waals surface area contributed by atoms with Crippen LogP contribution in [-0.2, 0) is 5.41 Å². The lowest BCUT2D eigenvalue weighted by Crippen LogP contribution is -2.12. The Morgan fingerprint density at radius 1 is 0.431 bits per heavy atom. The maximum Gasteiger partial charge on any atom is 0.0540 e. The van der Waals surface area contributed by atoms with E-state index in [1.165, 1.54) is 65.4 Å². The second-order valence-electron chi connectivity index (χ2n) is 14.7. The van der Waals surface area contributed by atoms with Gasteiger partial charge in [0.05, 0.1) is 16.7 Å². The van der Waals surface area contributed by atoms with Gasteiger partial charge in [-0.05, 0) is 117 Å². The fourth-order valence-electron chi connectivity index (χ4n) is 8.23. The van der Waals surface area contributed by atoms with Crippen LogP contribution in [-0.4, -0.2) is 9.13 Å². The van der Waals surface area contributed by atoms with Gasteiger partial charge in [-0.15, -0.1) is 0 Å². The maximum absolute atomic E-state index is 2.45. The Labute approximate surface area is 297 Å². The predicted octanol–water partition coefficient (Wildman–Crippen LogP) is 13.2. The van der Waals surface area contributed by atoms with Gasteiger partial charge in [-0.25, -0.2) is 0 Å². The molecule has 8 aromatic carbocycles. The molecule has 0 radical (unpaired) electrons. The maximum atomic E-state index is 2.45. The van der Waals surface area contributed by atoms with E-state index in [-0.39, 0.29) is 5.41 Å². The minimum absolute atomic E-state index is 0.0360. The highest BCUT2D eigenvalue weighted by Crippen LogP contribution is 2.46. The van der Waals surface area contributed by atoms with E-state index in [0.717, 1.165) is 22.7 Å². The molecule has 2 aromatic heterocycles. The summed E-state index contributed by atoms with van der Waals surface area (Å²) in [7, 11) is 0. The standard InChI is InChI=1S/C48H37N3/c1-48(2,3)42-22-16-32-15-21-41-45(23-17-33-14-20-40(42)46(32)47(33)41)51(38-18-24-43-34(30-38)26-28-49(43)36-10-6-4-7-11-36)39-19-25-44-35(31-39)27-29-50(44)37-12-8-5-9-13-37/h4-31H,1-3H3. The van der Waals surface area contributed by atoms with Crippen molar-refractivity contribution < 1.29 is 0 Å². The zero-order valence-corrected chi connectivity index (χ0v) is 29.0. The first kappa shape index (κ1) is 29.6.